The van der Waals surface area contributed by atoms with Crippen LogP contribution >= 0.6 is 0 Å². The summed E-state index contributed by atoms with van der Waals surface area (Å²) in [5.74, 6) is 1.20. The average molecular weight is 190 g/mol. The van der Waals surface area contributed by atoms with Gasteiger partial charge in [-0.2, -0.15) is 10.2 Å². The zero-order chi connectivity index (χ0) is 9.55. The Morgan fingerprint density at radius 1 is 1.00 bits per heavy atom. The van der Waals surface area contributed by atoms with Gasteiger partial charge in [-0.25, -0.2) is 0 Å². The second-order valence-corrected chi connectivity index (χ2v) is 5.57. The van der Waals surface area contributed by atoms with Crippen LogP contribution < -0.4 is 10.9 Å². The molecule has 0 amide bonds. The molecule has 4 heteroatoms. The van der Waals surface area contributed by atoms with Gasteiger partial charge in [-0.05, 0) is 13.8 Å². The summed E-state index contributed by atoms with van der Waals surface area (Å²) in [6.45, 7) is 4.56. The summed E-state index contributed by atoms with van der Waals surface area (Å²) in [5, 5.41) is 8.98. The molecule has 2 N–H and O–H groups in total. The van der Waals surface area contributed by atoms with Crippen LogP contribution in [0.15, 0.2) is 10.2 Å². The molecule has 2 saturated carbocycles. The van der Waals surface area contributed by atoms with Gasteiger partial charge in [0, 0.05) is 36.1 Å². The van der Waals surface area contributed by atoms with Crippen LogP contribution in [0.25, 0.3) is 0 Å². The van der Waals surface area contributed by atoms with Crippen LogP contribution in [0, 0.1) is 11.8 Å². The molecule has 0 bridgehead atoms. The number of hydrogen-bond acceptors (Lipinski definition) is 4. The molecule has 0 spiro atoms. The fraction of sp³-hybridized carbons (Fsp3) is 0.800. The molecule has 0 saturated heterocycles. The Labute approximate surface area is 82.8 Å². The van der Waals surface area contributed by atoms with Crippen LogP contribution in [0.1, 0.15) is 26.7 Å². The van der Waals surface area contributed by atoms with Crippen molar-refractivity contribution in [3.05, 3.63) is 0 Å². The highest BCUT2D eigenvalue weighted by Crippen LogP contribution is 2.55. The molecule has 2 heterocycles. The Hall–Kier alpha value is -1.06. The van der Waals surface area contributed by atoms with Crippen LogP contribution in [0.5, 0.6) is 0 Å². The molecular formula is C10H14N4. The number of nitrogens with zero attached hydrogens (tertiary/aromatic N) is 2. The fourth-order valence-corrected chi connectivity index (χ4v) is 3.88. The first-order valence-corrected chi connectivity index (χ1v) is 5.30. The van der Waals surface area contributed by atoms with Crippen LogP contribution in [0.4, 0.5) is 0 Å². The van der Waals surface area contributed by atoms with Crippen LogP contribution in [0.3, 0.4) is 0 Å². The van der Waals surface area contributed by atoms with Crippen molar-refractivity contribution in [2.75, 3.05) is 0 Å². The molecule has 74 valence electrons. The predicted octanol–water partition coefficient (Wildman–Crippen LogP) is 0.462. The highest BCUT2D eigenvalue weighted by Gasteiger charge is 2.66. The summed E-state index contributed by atoms with van der Waals surface area (Å²) in [6.07, 6.45) is 2.11. The van der Waals surface area contributed by atoms with Gasteiger partial charge in [0.15, 0.2) is 0 Å². The Kier molecular flexibility index (Phi) is 0.885. The summed E-state index contributed by atoms with van der Waals surface area (Å²) >= 11 is 0. The highest BCUT2D eigenvalue weighted by molar-refractivity contribution is 6.07. The van der Waals surface area contributed by atoms with Crippen molar-refractivity contribution in [1.29, 1.82) is 0 Å². The van der Waals surface area contributed by atoms with E-state index < -0.39 is 0 Å². The largest absolute Gasteiger partial charge is 0.303 e. The normalized spacial score (nSPS) is 56.4. The van der Waals surface area contributed by atoms with Crippen molar-refractivity contribution in [2.24, 2.45) is 22.0 Å². The second-order valence-electron chi connectivity index (χ2n) is 5.57. The van der Waals surface area contributed by atoms with Crippen molar-refractivity contribution >= 4 is 11.4 Å². The van der Waals surface area contributed by atoms with Gasteiger partial charge < -0.3 is 10.9 Å². The van der Waals surface area contributed by atoms with Crippen molar-refractivity contribution in [2.45, 2.75) is 37.8 Å². The summed E-state index contributed by atoms with van der Waals surface area (Å²) in [5.41, 5.74) is 9.66. The van der Waals surface area contributed by atoms with Gasteiger partial charge >= 0.3 is 0 Å². The summed E-state index contributed by atoms with van der Waals surface area (Å²) < 4.78 is 0. The maximum Gasteiger partial charge on any atom is 0.0661 e. The molecule has 0 aromatic carbocycles. The molecule has 14 heavy (non-hydrogen) atoms. The van der Waals surface area contributed by atoms with E-state index in [0.717, 1.165) is 12.8 Å². The third-order valence-corrected chi connectivity index (χ3v) is 4.43. The monoisotopic (exact) mass is 190 g/mol. The number of nitrogens with one attached hydrogen (secondary N) is 2. The number of hydrazone groups is 2. The van der Waals surface area contributed by atoms with Crippen molar-refractivity contribution in [3.8, 4) is 0 Å². The van der Waals surface area contributed by atoms with Crippen LogP contribution in [-0.4, -0.2) is 22.5 Å². The first kappa shape index (κ1) is 7.26. The quantitative estimate of drug-likeness (QED) is 0.583. The molecule has 2 aliphatic carbocycles. The van der Waals surface area contributed by atoms with E-state index >= 15 is 0 Å². The Morgan fingerprint density at radius 3 is 1.86 bits per heavy atom. The first-order chi connectivity index (χ1) is 6.62. The van der Waals surface area contributed by atoms with E-state index in [4.69, 9.17) is 0 Å². The zero-order valence-electron chi connectivity index (χ0n) is 8.46. The standard InChI is InChI=1S/C10H14N4/c1-9-3-5-8-7(9)6(11-13-9)4-10(8,2)14-12-5/h7-8,13-14H,3-4H2,1-2H3/t7-,8-,9+,10+/m0/s1. The van der Waals surface area contributed by atoms with E-state index in [1.807, 2.05) is 0 Å². The van der Waals surface area contributed by atoms with E-state index in [-0.39, 0.29) is 11.1 Å². The highest BCUT2D eigenvalue weighted by atomic mass is 15.4. The van der Waals surface area contributed by atoms with Gasteiger partial charge in [0.1, 0.15) is 0 Å². The second kappa shape index (κ2) is 1.71. The Morgan fingerprint density at radius 2 is 1.43 bits per heavy atom. The number of hydrogen-bond donors (Lipinski definition) is 2. The summed E-state index contributed by atoms with van der Waals surface area (Å²) in [6, 6.07) is 0. The molecule has 4 nitrogen and oxygen atoms in total. The minimum absolute atomic E-state index is 0.165. The molecule has 0 radical (unpaired) electrons. The molecule has 4 aliphatic rings. The van der Waals surface area contributed by atoms with Gasteiger partial charge in [0.25, 0.3) is 0 Å². The lowest BCUT2D eigenvalue weighted by Crippen LogP contribution is -2.43. The van der Waals surface area contributed by atoms with Gasteiger partial charge in [-0.15, -0.1) is 0 Å². The lowest BCUT2D eigenvalue weighted by Gasteiger charge is -2.27. The summed E-state index contributed by atoms with van der Waals surface area (Å²) in [4.78, 5) is 0. The maximum absolute atomic E-state index is 4.49. The molecular weight excluding hydrogens is 176 g/mol. The molecule has 0 aromatic rings. The predicted molar refractivity (Wildman–Crippen MR) is 54.2 cm³/mol. The van der Waals surface area contributed by atoms with Gasteiger partial charge in [-0.3, -0.25) is 0 Å². The fourth-order valence-electron chi connectivity index (χ4n) is 3.88. The lowest BCUT2D eigenvalue weighted by molar-refractivity contribution is 0.271. The van der Waals surface area contributed by atoms with Gasteiger partial charge in [0.05, 0.1) is 11.1 Å². The average Bonchev–Trinajstić information content (AvgIpc) is 2.72. The van der Waals surface area contributed by atoms with Crippen LogP contribution in [0.2, 0.25) is 0 Å². The van der Waals surface area contributed by atoms with Crippen molar-refractivity contribution in [1.82, 2.24) is 10.9 Å². The third kappa shape index (κ3) is 0.535. The minimum atomic E-state index is 0.165. The molecule has 0 aromatic heterocycles. The third-order valence-electron chi connectivity index (χ3n) is 4.43. The smallest absolute Gasteiger partial charge is 0.0661 e. The maximum atomic E-state index is 4.49. The van der Waals surface area contributed by atoms with E-state index in [9.17, 15) is 0 Å². The molecule has 4 atom stereocenters. The van der Waals surface area contributed by atoms with E-state index in [2.05, 4.69) is 34.9 Å². The van der Waals surface area contributed by atoms with Gasteiger partial charge in [0.2, 0.25) is 0 Å². The van der Waals surface area contributed by atoms with Crippen LogP contribution in [-0.2, 0) is 0 Å². The van der Waals surface area contributed by atoms with Gasteiger partial charge in [-0.1, -0.05) is 0 Å². The summed E-state index contributed by atoms with van der Waals surface area (Å²) in [7, 11) is 0. The molecule has 2 fully saturated rings. The zero-order valence-corrected chi connectivity index (χ0v) is 8.46. The Bertz CT molecular complexity index is 361. The Balaban J connectivity index is 1.96. The lowest BCUT2D eigenvalue weighted by atomic mass is 9.83. The van der Waals surface area contributed by atoms with Crippen molar-refractivity contribution < 1.29 is 0 Å². The topological polar surface area (TPSA) is 48.8 Å². The van der Waals surface area contributed by atoms with E-state index in [1.165, 1.54) is 11.4 Å². The molecule has 4 rings (SSSR count). The van der Waals surface area contributed by atoms with E-state index in [1.54, 1.807) is 0 Å². The number of rotatable bonds is 0. The van der Waals surface area contributed by atoms with Crippen molar-refractivity contribution in [3.63, 3.8) is 0 Å². The van der Waals surface area contributed by atoms with E-state index in [0.29, 0.717) is 11.8 Å². The molecule has 2 aliphatic heterocycles. The SMILES string of the molecule is C[C@]12CC3=NN[C@]4(C)CC(=NN1)[C@H]2[C@H]34. The minimum Gasteiger partial charge on any atom is -0.303 e. The molecule has 0 unspecified atom stereocenters. The first-order valence-electron chi connectivity index (χ1n) is 5.30.